The first kappa shape index (κ1) is 68.6. The van der Waals surface area contributed by atoms with Crippen molar-refractivity contribution in [3.63, 3.8) is 0 Å². The number of alkyl carbamates (subject to hydrolysis) is 1. The highest BCUT2D eigenvalue weighted by Gasteiger charge is 2.60. The third kappa shape index (κ3) is 17.2. The van der Waals surface area contributed by atoms with Gasteiger partial charge in [0.2, 0.25) is 3.79 Å². The highest BCUT2D eigenvalue weighted by Crippen LogP contribution is 2.45. The summed E-state index contributed by atoms with van der Waals surface area (Å²) in [5, 5.41) is 6.58. The van der Waals surface area contributed by atoms with E-state index in [1.54, 1.807) is 60.7 Å². The van der Waals surface area contributed by atoms with E-state index in [0.717, 1.165) is 18.4 Å². The Kier molecular flexibility index (Phi) is 24.4. The van der Waals surface area contributed by atoms with E-state index >= 15 is 0 Å². The molecule has 6 aliphatic rings. The number of azide groups is 1. The van der Waals surface area contributed by atoms with Crippen LogP contribution in [0.4, 0.5) is 4.79 Å². The summed E-state index contributed by atoms with van der Waals surface area (Å²) in [4.78, 5) is 46.1. The number of esters is 2. The zero-order valence-corrected chi connectivity index (χ0v) is 53.9. The van der Waals surface area contributed by atoms with Crippen molar-refractivity contribution in [1.82, 2.24) is 5.32 Å². The molecule has 0 saturated carbocycles. The predicted molar refractivity (Wildman–Crippen MR) is 330 cm³/mol. The summed E-state index contributed by atoms with van der Waals surface area (Å²) in [6, 6.07) is 34.4. The van der Waals surface area contributed by atoms with Gasteiger partial charge in [-0.3, -0.25) is 0 Å². The minimum atomic E-state index is -2.02. The fourth-order valence-corrected chi connectivity index (χ4v) is 12.5. The highest BCUT2D eigenvalue weighted by atomic mass is 35.6. The molecule has 494 valence electrons. The molecule has 1 N–H and O–H groups in total. The van der Waals surface area contributed by atoms with Crippen LogP contribution >= 0.6 is 34.8 Å². The Morgan fingerprint density at radius 3 is 1.65 bits per heavy atom. The third-order valence-corrected chi connectivity index (χ3v) is 17.9. The van der Waals surface area contributed by atoms with E-state index in [0.29, 0.717) is 43.5 Å². The van der Waals surface area contributed by atoms with Gasteiger partial charge in [-0.1, -0.05) is 198 Å². The van der Waals surface area contributed by atoms with Crippen LogP contribution in [0.1, 0.15) is 118 Å². The fraction of sp³-hybridized carbons (Fsp3) is 0.591. The molecule has 0 radical (unpaired) electrons. The van der Waals surface area contributed by atoms with Gasteiger partial charge in [-0.15, -0.1) is 0 Å². The van der Waals surface area contributed by atoms with Gasteiger partial charge in [0.1, 0.15) is 49.3 Å². The number of nitrogens with zero attached hydrogens (tertiary/aromatic N) is 3. The molecular formula is C66H81Cl3N4O18. The average molecular weight is 1320 g/mol. The van der Waals surface area contributed by atoms with E-state index in [1.807, 2.05) is 102 Å². The Morgan fingerprint density at radius 2 is 1.09 bits per heavy atom. The summed E-state index contributed by atoms with van der Waals surface area (Å²) in [5.41, 5.74) is 10.8. The molecule has 6 fully saturated rings. The minimum absolute atomic E-state index is 0.0257. The van der Waals surface area contributed by atoms with Gasteiger partial charge in [0, 0.05) is 41.0 Å². The third-order valence-electron chi connectivity index (χ3n) is 17.6. The van der Waals surface area contributed by atoms with Crippen LogP contribution in [0.15, 0.2) is 126 Å². The van der Waals surface area contributed by atoms with Gasteiger partial charge >= 0.3 is 18.0 Å². The quantitative estimate of drug-likeness (QED) is 0.0123. The molecule has 6 heterocycles. The number of hydrogen-bond donors (Lipinski definition) is 1. The second-order valence-electron chi connectivity index (χ2n) is 23.9. The van der Waals surface area contributed by atoms with Crippen LogP contribution < -0.4 is 5.32 Å². The van der Waals surface area contributed by atoms with E-state index in [9.17, 15) is 14.4 Å². The molecule has 6 saturated heterocycles. The number of benzene rings is 4. The van der Waals surface area contributed by atoms with E-state index < -0.39 is 151 Å². The van der Waals surface area contributed by atoms with Gasteiger partial charge < -0.3 is 76.4 Å². The Morgan fingerprint density at radius 1 is 0.593 bits per heavy atom. The smallest absolute Gasteiger partial charge is 0.407 e. The number of nitrogens with one attached hydrogen (secondary N) is 1. The van der Waals surface area contributed by atoms with Crippen LogP contribution in [-0.4, -0.2) is 153 Å². The van der Waals surface area contributed by atoms with Crippen molar-refractivity contribution in [1.29, 1.82) is 0 Å². The van der Waals surface area contributed by atoms with Crippen LogP contribution in [0.5, 0.6) is 0 Å². The van der Waals surface area contributed by atoms with Crippen LogP contribution in [0.2, 0.25) is 0 Å². The number of hydrogen-bond acceptors (Lipinski definition) is 19. The van der Waals surface area contributed by atoms with Gasteiger partial charge in [-0.05, 0) is 54.5 Å². The molecule has 0 spiro atoms. The lowest BCUT2D eigenvalue weighted by Gasteiger charge is -2.50. The standard InChI is InChI=1S/C66H81Cl3N4O18/c1-7-37(3)48-39(5)51(83-57(74)41-24-14-9-15-25-41)63(85-48)90-54-47(72-65(76)80-36-66(67,68)69)62(82-46-35-79-61(89-53(46)54)44-30-20-12-21-31-44)91-55-49(38(4)8-2)86-64(56(55)84-58(75)42-26-16-10-17-27-42)87-50-40(6)59(77-33-23-13-22-32-71-73-70)81-45-34-78-60(88-52(45)50)43-28-18-11-19-29-43/h9-12,14-21,24-31,37-40,45-56,59-64H,7-8,13,22-23,32-36H2,1-6H3,(H,72,76)/t37-,38-,39-,40?,45?,46?,47?,48+,49?,50?,51?,52?,53?,54?,55?,56?,59?,60?,61?,62?,63+,64?/m1/s1. The maximum Gasteiger partial charge on any atom is 0.407 e. The maximum absolute atomic E-state index is 14.7. The lowest BCUT2D eigenvalue weighted by Crippen LogP contribution is -2.69. The van der Waals surface area contributed by atoms with Crippen LogP contribution in [0.25, 0.3) is 10.4 Å². The molecule has 25 heteroatoms. The van der Waals surface area contributed by atoms with Crippen LogP contribution in [0, 0.1) is 23.7 Å². The van der Waals surface area contributed by atoms with Crippen molar-refractivity contribution in [3.05, 3.63) is 154 Å². The molecule has 91 heavy (non-hydrogen) atoms. The predicted octanol–water partition coefficient (Wildman–Crippen LogP) is 12.0. The Labute approximate surface area is 545 Å². The first-order valence-electron chi connectivity index (χ1n) is 31.4. The van der Waals surface area contributed by atoms with Crippen molar-refractivity contribution in [2.24, 2.45) is 28.8 Å². The highest BCUT2D eigenvalue weighted by molar-refractivity contribution is 6.67. The van der Waals surface area contributed by atoms with Crippen molar-refractivity contribution >= 4 is 52.8 Å². The summed E-state index contributed by atoms with van der Waals surface area (Å²) in [6.07, 6.45) is -15.2. The molecular weight excluding hydrogens is 1240 g/mol. The summed E-state index contributed by atoms with van der Waals surface area (Å²) < 4.78 is 99.0. The molecule has 22 nitrogen and oxygen atoms in total. The Bertz CT molecular complexity index is 3000. The maximum atomic E-state index is 14.7. The number of ether oxygens (including phenoxy) is 15. The van der Waals surface area contributed by atoms with Crippen molar-refractivity contribution in [2.45, 2.75) is 188 Å². The molecule has 0 aliphatic carbocycles. The number of fused-ring (bicyclic) bond motifs is 2. The lowest BCUT2D eigenvalue weighted by atomic mass is 9.90. The first-order valence-corrected chi connectivity index (χ1v) is 32.5. The summed E-state index contributed by atoms with van der Waals surface area (Å²) >= 11 is 18.5. The number of unbranched alkanes of at least 4 members (excludes halogenated alkanes) is 2. The Hall–Kier alpha value is -5.21. The summed E-state index contributed by atoms with van der Waals surface area (Å²) in [5.74, 6) is -2.61. The molecule has 0 aromatic heterocycles. The number of halogens is 3. The first-order chi connectivity index (χ1) is 44.0. The zero-order chi connectivity index (χ0) is 64.2. The SMILES string of the molecule is CC[C@@H](C)C1OC(OC2C(C)C(OCCCCCN=[N+]=[N-])OC3COC(c4ccccc4)OC32)C(OC(=O)c2ccccc2)C1OC1OC2COC(c3ccccc3)OC2C(O[C@@H]2O[C@@H]([C@H](C)CC)[C@@H](C)C2OC(=O)c2ccccc2)C1NC(=O)OCC(Cl)(Cl)Cl. The topological polar surface area (TPSA) is 250 Å². The molecule has 4 aromatic rings. The average Bonchev–Trinajstić information content (AvgIpc) is 1.83. The molecule has 17 unspecified atom stereocenters. The summed E-state index contributed by atoms with van der Waals surface area (Å²) in [6.45, 7) is 12.0. The molecule has 22 atom stereocenters. The molecule has 4 aromatic carbocycles. The number of carbonyl (C=O) groups excluding carboxylic acids is 3. The normalized spacial score (nSPS) is 33.7. The monoisotopic (exact) mass is 1320 g/mol. The van der Waals surface area contributed by atoms with E-state index in [-0.39, 0.29) is 30.6 Å². The van der Waals surface area contributed by atoms with Crippen LogP contribution in [-0.2, 0) is 71.1 Å². The van der Waals surface area contributed by atoms with Gasteiger partial charge in [0.05, 0.1) is 42.7 Å². The molecule has 1 amide bonds. The van der Waals surface area contributed by atoms with Crippen molar-refractivity contribution in [3.8, 4) is 0 Å². The van der Waals surface area contributed by atoms with Gasteiger partial charge in [0.15, 0.2) is 49.9 Å². The van der Waals surface area contributed by atoms with E-state index in [4.69, 9.17) is 111 Å². The van der Waals surface area contributed by atoms with E-state index in [2.05, 4.69) is 15.3 Å². The molecule has 6 aliphatic heterocycles. The van der Waals surface area contributed by atoms with Crippen LogP contribution in [0.3, 0.4) is 0 Å². The number of carbonyl (C=O) groups is 3. The second kappa shape index (κ2) is 32.3. The lowest BCUT2D eigenvalue weighted by molar-refractivity contribution is -0.371. The Balaban J connectivity index is 1.03. The largest absolute Gasteiger partial charge is 0.453 e. The van der Waals surface area contributed by atoms with E-state index in [1.165, 1.54) is 0 Å². The van der Waals surface area contributed by atoms with Crippen molar-refractivity contribution in [2.75, 3.05) is 33.0 Å². The van der Waals surface area contributed by atoms with Gasteiger partial charge in [-0.25, -0.2) is 14.4 Å². The minimum Gasteiger partial charge on any atom is -0.453 e. The summed E-state index contributed by atoms with van der Waals surface area (Å²) in [7, 11) is 0. The molecule has 0 bridgehead atoms. The zero-order valence-electron chi connectivity index (χ0n) is 51.6. The van der Waals surface area contributed by atoms with Crippen molar-refractivity contribution < 1.29 is 85.4 Å². The fourth-order valence-electron chi connectivity index (χ4n) is 12.4. The second-order valence-corrected chi connectivity index (χ2v) is 26.4. The number of amides is 1. The van der Waals surface area contributed by atoms with Gasteiger partial charge in [0.25, 0.3) is 0 Å². The number of alkyl halides is 3. The number of rotatable bonds is 25. The molecule has 10 rings (SSSR count). The van der Waals surface area contributed by atoms with Gasteiger partial charge in [-0.2, -0.15) is 0 Å².